The first-order valence-corrected chi connectivity index (χ1v) is 8.55. The maximum atomic E-state index is 11.6. The molecule has 1 N–H and O–H groups in total. The summed E-state index contributed by atoms with van der Waals surface area (Å²) in [6.07, 6.45) is 1.08. The van der Waals surface area contributed by atoms with Crippen molar-refractivity contribution in [1.82, 2.24) is 4.98 Å². The van der Waals surface area contributed by atoms with Gasteiger partial charge < -0.3 is 5.11 Å². The first-order chi connectivity index (χ1) is 8.28. The van der Waals surface area contributed by atoms with Crippen molar-refractivity contribution in [3.05, 3.63) is 29.6 Å². The quantitative estimate of drug-likeness (QED) is 0.796. The van der Waals surface area contributed by atoms with Crippen LogP contribution in [0.2, 0.25) is 0 Å². The van der Waals surface area contributed by atoms with Crippen LogP contribution in [0.5, 0.6) is 0 Å². The van der Waals surface area contributed by atoms with Gasteiger partial charge in [-0.3, -0.25) is 4.21 Å². The van der Waals surface area contributed by atoms with Gasteiger partial charge >= 0.3 is 5.97 Å². The van der Waals surface area contributed by atoms with E-state index in [2.05, 4.69) is 4.98 Å². The monoisotopic (exact) mass is 291 g/mol. The van der Waals surface area contributed by atoms with Gasteiger partial charge in [-0.25, -0.2) is 18.2 Å². The van der Waals surface area contributed by atoms with Gasteiger partial charge in [-0.05, 0) is 12.1 Å². The fraction of sp³-hybridized carbons (Fsp3) is 0.400. The fourth-order valence-corrected chi connectivity index (χ4v) is 3.75. The zero-order valence-electron chi connectivity index (χ0n) is 9.70. The van der Waals surface area contributed by atoms with Crippen LogP contribution in [-0.4, -0.2) is 46.4 Å². The van der Waals surface area contributed by atoms with Crippen molar-refractivity contribution < 1.29 is 22.5 Å². The number of nitrogens with zero attached hydrogens (tertiary/aromatic N) is 1. The summed E-state index contributed by atoms with van der Waals surface area (Å²) in [4.78, 5) is 14.5. The largest absolute Gasteiger partial charge is 0.477 e. The summed E-state index contributed by atoms with van der Waals surface area (Å²) in [7, 11) is -4.51. The number of aromatic carboxylic acids is 1. The summed E-state index contributed by atoms with van der Waals surface area (Å²) >= 11 is 0. The van der Waals surface area contributed by atoms with Gasteiger partial charge in [0.05, 0.1) is 17.2 Å². The number of aromatic nitrogens is 1. The molecule has 0 radical (unpaired) electrons. The Morgan fingerprint density at radius 1 is 1.44 bits per heavy atom. The third-order valence-electron chi connectivity index (χ3n) is 2.02. The molecular weight excluding hydrogens is 278 g/mol. The lowest BCUT2D eigenvalue weighted by Gasteiger charge is -2.02. The number of hydrogen-bond acceptors (Lipinski definition) is 5. The Morgan fingerprint density at radius 2 is 2.11 bits per heavy atom. The van der Waals surface area contributed by atoms with Gasteiger partial charge in [-0.15, -0.1) is 0 Å². The molecule has 0 amide bonds. The number of rotatable bonds is 6. The number of hydrogen-bond donors (Lipinski definition) is 1. The molecule has 1 aromatic rings. The highest BCUT2D eigenvalue weighted by Crippen LogP contribution is 2.03. The topological polar surface area (TPSA) is 101 Å². The second-order valence-electron chi connectivity index (χ2n) is 3.74. The molecular formula is C10H13NO5S2. The Bertz CT molecular complexity index is 567. The lowest BCUT2D eigenvalue weighted by Crippen LogP contribution is -2.13. The highest BCUT2D eigenvalue weighted by molar-refractivity contribution is 7.92. The first-order valence-electron chi connectivity index (χ1n) is 5.00. The zero-order valence-corrected chi connectivity index (χ0v) is 11.3. The molecule has 0 aliphatic rings. The number of sulfone groups is 1. The van der Waals surface area contributed by atoms with Crippen molar-refractivity contribution in [2.75, 3.05) is 17.8 Å². The number of carbonyl (C=O) groups is 1. The van der Waals surface area contributed by atoms with E-state index in [0.29, 0.717) is 5.69 Å². The van der Waals surface area contributed by atoms with Gasteiger partial charge in [0.15, 0.2) is 0 Å². The zero-order chi connectivity index (χ0) is 13.8. The summed E-state index contributed by atoms with van der Waals surface area (Å²) in [5.41, 5.74) is 0.259. The molecule has 100 valence electrons. The first kappa shape index (κ1) is 14.8. The molecule has 0 bridgehead atoms. The van der Waals surface area contributed by atoms with Crippen LogP contribution in [0.3, 0.4) is 0 Å². The lowest BCUT2D eigenvalue weighted by atomic mass is 10.3. The Kier molecular flexibility index (Phi) is 4.97. The van der Waals surface area contributed by atoms with E-state index in [0.717, 1.165) is 6.26 Å². The maximum absolute atomic E-state index is 11.6. The Labute approximate surface area is 107 Å². The smallest absolute Gasteiger partial charge is 0.354 e. The van der Waals surface area contributed by atoms with Crippen molar-refractivity contribution in [1.29, 1.82) is 0 Å². The molecule has 1 atom stereocenters. The lowest BCUT2D eigenvalue weighted by molar-refractivity contribution is 0.0690. The molecule has 0 saturated carbocycles. The summed E-state index contributed by atoms with van der Waals surface area (Å²) in [6, 6.07) is 4.41. The molecule has 0 aliphatic carbocycles. The van der Waals surface area contributed by atoms with E-state index < -0.39 is 26.6 Å². The van der Waals surface area contributed by atoms with Crippen molar-refractivity contribution >= 4 is 26.6 Å². The Hall–Kier alpha value is -1.28. The summed E-state index contributed by atoms with van der Waals surface area (Å²) in [6.45, 7) is 0. The van der Waals surface area contributed by atoms with Gasteiger partial charge in [-0.1, -0.05) is 6.07 Å². The minimum atomic E-state index is -3.14. The highest BCUT2D eigenvalue weighted by Gasteiger charge is 2.10. The van der Waals surface area contributed by atoms with Crippen molar-refractivity contribution in [2.45, 2.75) is 5.75 Å². The minimum absolute atomic E-state index is 0.0256. The van der Waals surface area contributed by atoms with Crippen LogP contribution in [0.15, 0.2) is 18.2 Å². The van der Waals surface area contributed by atoms with Gasteiger partial charge in [0, 0.05) is 22.8 Å². The normalized spacial score (nSPS) is 13.2. The molecule has 6 nitrogen and oxygen atoms in total. The summed E-state index contributed by atoms with van der Waals surface area (Å²) in [5.74, 6) is -1.23. The standard InChI is InChI=1S/C10H13NO5S2/c1-18(15,16)6-5-17(14)7-8-3-2-4-9(11-8)10(12)13/h2-4H,5-7H2,1H3,(H,12,13). The van der Waals surface area contributed by atoms with Gasteiger partial charge in [0.2, 0.25) is 0 Å². The summed E-state index contributed by atoms with van der Waals surface area (Å²) in [5, 5.41) is 8.74. The van der Waals surface area contributed by atoms with Crippen molar-refractivity contribution in [3.8, 4) is 0 Å². The molecule has 1 aromatic heterocycles. The molecule has 0 fully saturated rings. The fourth-order valence-electron chi connectivity index (χ4n) is 1.16. The SMILES string of the molecule is CS(=O)(=O)CCS(=O)Cc1cccc(C(=O)O)n1. The number of pyridine rings is 1. The highest BCUT2D eigenvalue weighted by atomic mass is 32.2. The van der Waals surface area contributed by atoms with E-state index in [1.54, 1.807) is 6.07 Å². The molecule has 1 rings (SSSR count). The van der Waals surface area contributed by atoms with E-state index in [4.69, 9.17) is 5.11 Å². The molecule has 1 heterocycles. The Morgan fingerprint density at radius 3 is 2.67 bits per heavy atom. The van der Waals surface area contributed by atoms with Gasteiger partial charge in [-0.2, -0.15) is 0 Å². The number of carboxylic acid groups (broad SMARTS) is 1. The average Bonchev–Trinajstić information content (AvgIpc) is 2.26. The molecule has 1 unspecified atom stereocenters. The predicted molar refractivity (Wildman–Crippen MR) is 67.6 cm³/mol. The molecule has 0 aromatic carbocycles. The van der Waals surface area contributed by atoms with E-state index in [1.807, 2.05) is 0 Å². The van der Waals surface area contributed by atoms with Gasteiger partial charge in [0.25, 0.3) is 0 Å². The molecule has 0 spiro atoms. The molecule has 8 heteroatoms. The second-order valence-corrected chi connectivity index (χ2v) is 7.57. The average molecular weight is 291 g/mol. The maximum Gasteiger partial charge on any atom is 0.354 e. The van der Waals surface area contributed by atoms with Crippen LogP contribution in [0.4, 0.5) is 0 Å². The van der Waals surface area contributed by atoms with Crippen LogP contribution in [-0.2, 0) is 26.4 Å². The molecule has 0 aliphatic heterocycles. The van der Waals surface area contributed by atoms with Crippen LogP contribution < -0.4 is 0 Å². The predicted octanol–water partition coefficient (Wildman–Crippen LogP) is 0.0731. The third-order valence-corrected chi connectivity index (χ3v) is 4.50. The molecule has 0 saturated heterocycles. The third kappa shape index (κ3) is 5.37. The number of carboxylic acids is 1. The van der Waals surface area contributed by atoms with E-state index in [9.17, 15) is 17.4 Å². The van der Waals surface area contributed by atoms with E-state index >= 15 is 0 Å². The van der Waals surface area contributed by atoms with Gasteiger partial charge in [0.1, 0.15) is 15.5 Å². The molecule has 18 heavy (non-hydrogen) atoms. The van der Waals surface area contributed by atoms with E-state index in [1.165, 1.54) is 12.1 Å². The van der Waals surface area contributed by atoms with Crippen molar-refractivity contribution in [2.24, 2.45) is 0 Å². The summed E-state index contributed by atoms with van der Waals surface area (Å²) < 4.78 is 33.4. The second kappa shape index (κ2) is 6.05. The van der Waals surface area contributed by atoms with Crippen molar-refractivity contribution in [3.63, 3.8) is 0 Å². The van der Waals surface area contributed by atoms with Crippen LogP contribution in [0, 0.1) is 0 Å². The van der Waals surface area contributed by atoms with Crippen LogP contribution >= 0.6 is 0 Å². The van der Waals surface area contributed by atoms with Crippen LogP contribution in [0.1, 0.15) is 16.2 Å². The Balaban J connectivity index is 2.65. The minimum Gasteiger partial charge on any atom is -0.477 e. The van der Waals surface area contributed by atoms with E-state index in [-0.39, 0.29) is 23.0 Å². The van der Waals surface area contributed by atoms with Crippen LogP contribution in [0.25, 0.3) is 0 Å².